The number of carbonyl (C=O) groups excluding carboxylic acids is 5. The van der Waals surface area contributed by atoms with Gasteiger partial charge in [0.25, 0.3) is 0 Å². The number of likely N-dealkylation sites (N-methyl/N-ethyl adjacent to an activating group) is 1. The molecule has 16 nitrogen and oxygen atoms in total. The van der Waals surface area contributed by atoms with Gasteiger partial charge in [0.2, 0.25) is 29.5 Å². The fourth-order valence-corrected chi connectivity index (χ4v) is 10.1. The van der Waals surface area contributed by atoms with Crippen LogP contribution in [0.2, 0.25) is 5.02 Å². The molecule has 2 aliphatic heterocycles. The average molecular weight is 942 g/mol. The molecular weight excluding hydrogens is 888 g/mol. The van der Waals surface area contributed by atoms with Crippen LogP contribution in [0, 0.1) is 33.1 Å². The number of fused-ring (bicyclic) bond motifs is 3. The number of likely N-dealkylation sites (tertiary alicyclic amines) is 1. The Balaban J connectivity index is 0.956. The molecule has 1 saturated heterocycles. The van der Waals surface area contributed by atoms with Crippen molar-refractivity contribution in [3.05, 3.63) is 104 Å². The normalized spacial score (nSPS) is 17.4. The molecule has 19 heteroatoms. The van der Waals surface area contributed by atoms with Crippen molar-refractivity contribution in [2.45, 2.75) is 92.1 Å². The number of hydrogen-bond acceptors (Lipinski definition) is 12. The van der Waals surface area contributed by atoms with Gasteiger partial charge in [0, 0.05) is 47.6 Å². The van der Waals surface area contributed by atoms with Gasteiger partial charge in [0.15, 0.2) is 5.82 Å². The smallest absolute Gasteiger partial charge is 0.246 e. The summed E-state index contributed by atoms with van der Waals surface area (Å²) in [5, 5.41) is 29.1. The zero-order valence-electron chi connectivity index (χ0n) is 37.6. The van der Waals surface area contributed by atoms with Gasteiger partial charge in [-0.2, -0.15) is 0 Å². The number of β-amino-alcohol motifs (C(OH)–C–C–N with tert-alkyl or cyclic N) is 1. The summed E-state index contributed by atoms with van der Waals surface area (Å²) in [7, 11) is 1.49. The highest BCUT2D eigenvalue weighted by Crippen LogP contribution is 2.40. The second-order valence-corrected chi connectivity index (χ2v) is 20.1. The molecule has 0 spiro atoms. The highest BCUT2D eigenvalue weighted by atomic mass is 35.5. The summed E-state index contributed by atoms with van der Waals surface area (Å²) in [5.41, 5.74) is 7.32. The molecule has 0 saturated carbocycles. The Morgan fingerprint density at radius 1 is 0.954 bits per heavy atom. The minimum atomic E-state index is -1.10. The van der Waals surface area contributed by atoms with Gasteiger partial charge in [0.05, 0.1) is 47.4 Å². The molecule has 0 radical (unpaired) electrons. The van der Waals surface area contributed by atoms with Crippen molar-refractivity contribution in [2.75, 3.05) is 26.7 Å². The van der Waals surface area contributed by atoms with Crippen molar-refractivity contribution in [3.63, 3.8) is 0 Å². The molecule has 0 bridgehead atoms. The molecule has 5 aromatic rings. The molecule has 3 aromatic heterocycles. The lowest BCUT2D eigenvalue weighted by Gasteiger charge is -2.35. The summed E-state index contributed by atoms with van der Waals surface area (Å²) in [4.78, 5) is 82.2. The summed E-state index contributed by atoms with van der Waals surface area (Å²) < 4.78 is 1.94. The molecule has 1 fully saturated rings. The average Bonchev–Trinajstić information content (AvgIpc) is 4.03. The number of thiophene rings is 1. The number of nitrogens with zero attached hydrogens (tertiary/aromatic N) is 7. The van der Waals surface area contributed by atoms with E-state index in [0.717, 1.165) is 48.3 Å². The summed E-state index contributed by atoms with van der Waals surface area (Å²) in [6.45, 7) is 12.5. The Hall–Kier alpha value is -5.82. The zero-order valence-corrected chi connectivity index (χ0v) is 40.0. The number of thiazole rings is 1. The van der Waals surface area contributed by atoms with Gasteiger partial charge in [-0.1, -0.05) is 68.8 Å². The van der Waals surface area contributed by atoms with Crippen LogP contribution in [0.4, 0.5) is 0 Å². The van der Waals surface area contributed by atoms with Crippen LogP contribution in [0.25, 0.3) is 15.4 Å². The fourth-order valence-electron chi connectivity index (χ4n) is 7.98. The molecule has 65 heavy (non-hydrogen) atoms. The van der Waals surface area contributed by atoms with Crippen LogP contribution in [-0.4, -0.2) is 115 Å². The third-order valence-corrected chi connectivity index (χ3v) is 14.1. The van der Waals surface area contributed by atoms with Crippen LogP contribution in [0.1, 0.15) is 84.1 Å². The fraction of sp³-hybridized carbons (Fsp3) is 0.413. The third kappa shape index (κ3) is 10.4. The number of aliphatic imine (C=N–C) groups is 1. The number of aromatic nitrogens is 4. The Morgan fingerprint density at radius 3 is 2.31 bits per heavy atom. The molecule has 0 aliphatic carbocycles. The highest BCUT2D eigenvalue weighted by molar-refractivity contribution is 7.15. The Bertz CT molecular complexity index is 2650. The van der Waals surface area contributed by atoms with Crippen LogP contribution in [0.5, 0.6) is 0 Å². The van der Waals surface area contributed by atoms with Gasteiger partial charge in [0.1, 0.15) is 29.0 Å². The number of amides is 5. The predicted molar refractivity (Wildman–Crippen MR) is 250 cm³/mol. The van der Waals surface area contributed by atoms with E-state index in [0.29, 0.717) is 22.4 Å². The number of rotatable bonds is 13. The topological polar surface area (TPSA) is 204 Å². The lowest BCUT2D eigenvalue weighted by molar-refractivity contribution is -0.144. The molecule has 0 unspecified atom stereocenters. The molecule has 5 amide bonds. The quantitative estimate of drug-likeness (QED) is 0.125. The van der Waals surface area contributed by atoms with Gasteiger partial charge in [-0.05, 0) is 61.9 Å². The van der Waals surface area contributed by atoms with Crippen molar-refractivity contribution in [3.8, 4) is 15.4 Å². The van der Waals surface area contributed by atoms with E-state index in [1.165, 1.54) is 16.8 Å². The first-order valence-corrected chi connectivity index (χ1v) is 23.3. The lowest BCUT2D eigenvalue weighted by Crippen LogP contribution is -2.58. The van der Waals surface area contributed by atoms with E-state index < -0.39 is 59.8 Å². The SMILES string of the molecule is Cc1ncsc1-c1ccc(CNC(=O)[C@@H]2C[C@@H](O)CN2C(=O)[C@@H](NC(=O)CNC(=O)CN(C)C(=O)C[C@@H]2N=C(c3ccc(Cl)cc3)c3c(sc(C)c3C)-n3c(C)nnc32)C(C)(C)C)cc1. The maximum absolute atomic E-state index is 14.1. The third-order valence-electron chi connectivity index (χ3n) is 11.7. The number of aliphatic hydroxyl groups is 1. The van der Waals surface area contributed by atoms with E-state index in [1.807, 2.05) is 68.7 Å². The number of carbonyl (C=O) groups is 5. The van der Waals surface area contributed by atoms with Gasteiger partial charge in [-0.15, -0.1) is 32.9 Å². The first-order valence-electron chi connectivity index (χ1n) is 21.2. The maximum Gasteiger partial charge on any atom is 0.246 e. The second-order valence-electron chi connectivity index (χ2n) is 17.6. The lowest BCUT2D eigenvalue weighted by atomic mass is 9.85. The molecule has 7 rings (SSSR count). The number of halogens is 1. The van der Waals surface area contributed by atoms with Gasteiger partial charge < -0.3 is 30.9 Å². The second kappa shape index (κ2) is 19.3. The van der Waals surface area contributed by atoms with Crippen LogP contribution < -0.4 is 16.0 Å². The van der Waals surface area contributed by atoms with Crippen molar-refractivity contribution >= 4 is 69.5 Å². The number of hydrogen-bond donors (Lipinski definition) is 4. The maximum atomic E-state index is 14.1. The number of aliphatic hydroxyl groups excluding tert-OH is 1. The van der Waals surface area contributed by atoms with E-state index in [1.54, 1.807) is 61.1 Å². The Morgan fingerprint density at radius 2 is 1.65 bits per heavy atom. The van der Waals surface area contributed by atoms with E-state index in [-0.39, 0.29) is 38.4 Å². The van der Waals surface area contributed by atoms with Crippen molar-refractivity contribution < 1.29 is 29.1 Å². The van der Waals surface area contributed by atoms with Crippen molar-refractivity contribution in [1.29, 1.82) is 0 Å². The monoisotopic (exact) mass is 940 g/mol. The minimum Gasteiger partial charge on any atom is -0.391 e. The first-order chi connectivity index (χ1) is 30.8. The zero-order chi connectivity index (χ0) is 46.9. The molecule has 4 N–H and O–H groups in total. The van der Waals surface area contributed by atoms with Crippen LogP contribution >= 0.6 is 34.3 Å². The Labute approximate surface area is 390 Å². The summed E-state index contributed by atoms with van der Waals surface area (Å²) in [6, 6.07) is 12.4. The Kier molecular flexibility index (Phi) is 14.0. The molecule has 2 aliphatic rings. The molecule has 5 heterocycles. The summed E-state index contributed by atoms with van der Waals surface area (Å²) in [6.07, 6.45) is -1.01. The largest absolute Gasteiger partial charge is 0.391 e. The number of benzene rings is 2. The number of nitrogens with one attached hydrogen (secondary N) is 3. The molecular formula is C46H53ClN10O6S2. The van der Waals surface area contributed by atoms with Crippen LogP contribution in [-0.2, 0) is 30.5 Å². The molecule has 4 atom stereocenters. The van der Waals surface area contributed by atoms with E-state index in [2.05, 4.69) is 31.1 Å². The molecule has 342 valence electrons. The summed E-state index contributed by atoms with van der Waals surface area (Å²) in [5.74, 6) is -1.44. The van der Waals surface area contributed by atoms with Crippen LogP contribution in [0.3, 0.4) is 0 Å². The standard InChI is InChI=1S/C46H53ClN10O6S2/c1-24-26(3)65-45-38(24)39(29-13-15-31(47)16-14-29)51-33(42-54-53-27(4)57(42)45)18-37(61)55(8)22-36(60)48-20-35(59)52-41(46(5,6)7)44(63)56-21-32(58)17-34(56)43(62)49-19-28-9-11-30(12-10-28)40-25(2)50-23-64-40/h9-16,23,32-34,41,58H,17-22H2,1-8H3,(H,48,60)(H,49,62)(H,52,59)/t32-,33+,34+,41-/m1/s1. The summed E-state index contributed by atoms with van der Waals surface area (Å²) >= 11 is 9.40. The van der Waals surface area contributed by atoms with Crippen molar-refractivity contribution in [1.82, 2.24) is 45.5 Å². The highest BCUT2D eigenvalue weighted by Gasteiger charge is 2.44. The van der Waals surface area contributed by atoms with E-state index >= 15 is 0 Å². The van der Waals surface area contributed by atoms with Gasteiger partial charge in [-0.25, -0.2) is 4.98 Å². The van der Waals surface area contributed by atoms with Crippen LogP contribution in [0.15, 0.2) is 59.0 Å². The van der Waals surface area contributed by atoms with Gasteiger partial charge in [-0.3, -0.25) is 33.5 Å². The first kappa shape index (κ1) is 47.2. The molecule has 2 aromatic carbocycles. The van der Waals surface area contributed by atoms with Gasteiger partial charge >= 0.3 is 0 Å². The van der Waals surface area contributed by atoms with E-state index in [4.69, 9.17) is 16.6 Å². The predicted octanol–water partition coefficient (Wildman–Crippen LogP) is 5.01. The van der Waals surface area contributed by atoms with Crippen molar-refractivity contribution in [2.24, 2.45) is 10.4 Å². The minimum absolute atomic E-state index is 0.0411. The number of aryl methyl sites for hydroxylation is 3. The van der Waals surface area contributed by atoms with E-state index in [9.17, 15) is 29.1 Å².